The predicted molar refractivity (Wildman–Crippen MR) is 69.3 cm³/mol. The van der Waals surface area contributed by atoms with Gasteiger partial charge in [-0.05, 0) is 37.0 Å². The smallest absolute Gasteiger partial charge is 0.0570 e. The molecule has 16 heavy (non-hydrogen) atoms. The second-order valence-electron chi connectivity index (χ2n) is 4.50. The fraction of sp³-hybridized carbons (Fsp3) is 0.538. The van der Waals surface area contributed by atoms with Gasteiger partial charge < -0.3 is 10.4 Å². The van der Waals surface area contributed by atoms with Crippen molar-refractivity contribution in [3.8, 4) is 0 Å². The topological polar surface area (TPSA) is 32.3 Å². The zero-order valence-electron chi connectivity index (χ0n) is 9.49. The Labute approximate surface area is 105 Å². The molecule has 1 saturated carbocycles. The Hall–Kier alpha value is -0.380. The number of hydrogen-bond donors (Lipinski definition) is 2. The monoisotopic (exact) mass is 283 g/mol. The summed E-state index contributed by atoms with van der Waals surface area (Å²) in [5.74, 6) is 0. The Balaban J connectivity index is 1.99. The first kappa shape index (κ1) is 12.1. The maximum atomic E-state index is 9.27. The maximum Gasteiger partial charge on any atom is 0.0570 e. The van der Waals surface area contributed by atoms with Crippen molar-refractivity contribution < 1.29 is 5.11 Å². The van der Waals surface area contributed by atoms with E-state index in [2.05, 4.69) is 46.4 Å². The van der Waals surface area contributed by atoms with E-state index in [1.54, 1.807) is 0 Å². The van der Waals surface area contributed by atoms with Gasteiger partial charge in [0.15, 0.2) is 0 Å². The lowest BCUT2D eigenvalue weighted by atomic mass is 9.88. The van der Waals surface area contributed by atoms with Crippen LogP contribution in [0.4, 0.5) is 0 Å². The summed E-state index contributed by atoms with van der Waals surface area (Å²) in [6.45, 7) is 2.19. The highest BCUT2D eigenvalue weighted by atomic mass is 79.9. The van der Waals surface area contributed by atoms with Gasteiger partial charge in [-0.3, -0.25) is 0 Å². The Bertz CT molecular complexity index is 350. The van der Waals surface area contributed by atoms with Gasteiger partial charge in [-0.2, -0.15) is 0 Å². The summed E-state index contributed by atoms with van der Waals surface area (Å²) in [5.41, 5.74) is 1.32. The minimum atomic E-state index is -0.0856. The summed E-state index contributed by atoms with van der Waals surface area (Å²) in [7, 11) is 0. The number of benzene rings is 1. The van der Waals surface area contributed by atoms with E-state index >= 15 is 0 Å². The van der Waals surface area contributed by atoms with Crippen LogP contribution in [-0.2, 0) is 0 Å². The number of rotatable bonds is 4. The van der Waals surface area contributed by atoms with Crippen LogP contribution in [-0.4, -0.2) is 17.3 Å². The molecule has 88 valence electrons. The second kappa shape index (κ2) is 5.30. The van der Waals surface area contributed by atoms with Crippen LogP contribution in [0.25, 0.3) is 0 Å². The molecule has 0 amide bonds. The third kappa shape index (κ3) is 2.84. The van der Waals surface area contributed by atoms with Crippen LogP contribution in [0, 0.1) is 0 Å². The quantitative estimate of drug-likeness (QED) is 0.890. The molecule has 2 N–H and O–H groups in total. The molecule has 0 heterocycles. The van der Waals surface area contributed by atoms with Gasteiger partial charge in [-0.15, -0.1) is 0 Å². The largest absolute Gasteiger partial charge is 0.393 e. The third-order valence-corrected chi connectivity index (χ3v) is 3.70. The molecule has 1 unspecified atom stereocenters. The Morgan fingerprint density at radius 3 is 2.81 bits per heavy atom. The Morgan fingerprint density at radius 1 is 1.50 bits per heavy atom. The number of nitrogens with one attached hydrogen (secondary N) is 1. The summed E-state index contributed by atoms with van der Waals surface area (Å²) < 4.78 is 1.12. The van der Waals surface area contributed by atoms with Gasteiger partial charge >= 0.3 is 0 Å². The van der Waals surface area contributed by atoms with Crippen LogP contribution >= 0.6 is 15.9 Å². The molecule has 0 spiro atoms. The highest BCUT2D eigenvalue weighted by Crippen LogP contribution is 2.26. The van der Waals surface area contributed by atoms with E-state index < -0.39 is 0 Å². The van der Waals surface area contributed by atoms with E-state index in [0.29, 0.717) is 12.1 Å². The Morgan fingerprint density at radius 2 is 2.25 bits per heavy atom. The minimum absolute atomic E-state index is 0.0856. The normalized spacial score (nSPS) is 26.2. The lowest BCUT2D eigenvalue weighted by Gasteiger charge is -2.35. The van der Waals surface area contributed by atoms with Crippen LogP contribution in [0.15, 0.2) is 28.7 Å². The van der Waals surface area contributed by atoms with Gasteiger partial charge in [-0.25, -0.2) is 0 Å². The lowest BCUT2D eigenvalue weighted by Crippen LogP contribution is -2.45. The van der Waals surface area contributed by atoms with Gasteiger partial charge in [-0.1, -0.05) is 35.0 Å². The lowest BCUT2D eigenvalue weighted by molar-refractivity contribution is 0.0574. The van der Waals surface area contributed by atoms with E-state index in [0.717, 1.165) is 23.7 Å². The molecule has 0 bridgehead atoms. The molecule has 0 aromatic heterocycles. The molecule has 0 saturated heterocycles. The van der Waals surface area contributed by atoms with E-state index in [4.69, 9.17) is 0 Å². The van der Waals surface area contributed by atoms with Crippen LogP contribution in [0.2, 0.25) is 0 Å². The number of aliphatic hydroxyl groups is 1. The van der Waals surface area contributed by atoms with Crippen LogP contribution in [0.3, 0.4) is 0 Å². The predicted octanol–water partition coefficient (Wildman–Crippen LogP) is 3.01. The first-order valence-corrected chi connectivity index (χ1v) is 6.68. The fourth-order valence-corrected chi connectivity index (χ4v) is 2.60. The molecule has 1 aromatic carbocycles. The summed E-state index contributed by atoms with van der Waals surface area (Å²) >= 11 is 3.50. The number of hydrogen-bond acceptors (Lipinski definition) is 2. The van der Waals surface area contributed by atoms with Crippen LogP contribution in [0.1, 0.15) is 37.8 Å². The summed E-state index contributed by atoms with van der Waals surface area (Å²) in [6.07, 6.45) is 2.77. The molecule has 3 heteroatoms. The summed E-state index contributed by atoms with van der Waals surface area (Å²) in [4.78, 5) is 0. The van der Waals surface area contributed by atoms with Gasteiger partial charge in [0, 0.05) is 16.6 Å². The van der Waals surface area contributed by atoms with Crippen molar-refractivity contribution >= 4 is 15.9 Å². The number of halogens is 1. The molecule has 0 aliphatic heterocycles. The van der Waals surface area contributed by atoms with E-state index in [1.165, 1.54) is 5.56 Å². The first-order chi connectivity index (χ1) is 7.69. The summed E-state index contributed by atoms with van der Waals surface area (Å²) in [6, 6.07) is 9.31. The van der Waals surface area contributed by atoms with Crippen LogP contribution in [0.5, 0.6) is 0 Å². The highest BCUT2D eigenvalue weighted by Gasteiger charge is 2.28. The van der Waals surface area contributed by atoms with Crippen molar-refractivity contribution in [1.29, 1.82) is 0 Å². The SMILES string of the molecule is CCC(NC1CC(O)C1)c1cccc(Br)c1. The molecular formula is C13H18BrNO. The van der Waals surface area contributed by atoms with Gasteiger partial charge in [0.05, 0.1) is 6.10 Å². The van der Waals surface area contributed by atoms with Crippen molar-refractivity contribution in [1.82, 2.24) is 5.32 Å². The van der Waals surface area contributed by atoms with Crippen molar-refractivity contribution in [3.63, 3.8) is 0 Å². The maximum absolute atomic E-state index is 9.27. The zero-order valence-corrected chi connectivity index (χ0v) is 11.1. The molecule has 1 aliphatic carbocycles. The summed E-state index contributed by atoms with van der Waals surface area (Å²) in [5, 5.41) is 12.9. The van der Waals surface area contributed by atoms with E-state index in [9.17, 15) is 5.11 Å². The molecule has 1 atom stereocenters. The van der Waals surface area contributed by atoms with Crippen molar-refractivity contribution in [2.75, 3.05) is 0 Å². The first-order valence-electron chi connectivity index (χ1n) is 5.88. The standard InChI is InChI=1S/C13H18BrNO/c1-2-13(15-11-7-12(16)8-11)9-4-3-5-10(14)6-9/h3-6,11-13,15-16H,2,7-8H2,1H3. The highest BCUT2D eigenvalue weighted by molar-refractivity contribution is 9.10. The molecule has 1 aliphatic rings. The molecule has 0 radical (unpaired) electrons. The van der Waals surface area contributed by atoms with Crippen molar-refractivity contribution in [3.05, 3.63) is 34.3 Å². The Kier molecular flexibility index (Phi) is 4.00. The van der Waals surface area contributed by atoms with E-state index in [1.807, 2.05) is 6.07 Å². The van der Waals surface area contributed by atoms with Crippen molar-refractivity contribution in [2.45, 2.75) is 44.4 Å². The molecule has 1 fully saturated rings. The molecule has 1 aromatic rings. The third-order valence-electron chi connectivity index (χ3n) is 3.21. The fourth-order valence-electron chi connectivity index (χ4n) is 2.18. The van der Waals surface area contributed by atoms with Crippen LogP contribution < -0.4 is 5.32 Å². The second-order valence-corrected chi connectivity index (χ2v) is 5.42. The molecule has 2 rings (SSSR count). The number of aliphatic hydroxyl groups excluding tert-OH is 1. The van der Waals surface area contributed by atoms with Crippen molar-refractivity contribution in [2.24, 2.45) is 0 Å². The molecular weight excluding hydrogens is 266 g/mol. The minimum Gasteiger partial charge on any atom is -0.393 e. The molecule has 2 nitrogen and oxygen atoms in total. The van der Waals surface area contributed by atoms with Gasteiger partial charge in [0.2, 0.25) is 0 Å². The van der Waals surface area contributed by atoms with E-state index in [-0.39, 0.29) is 6.10 Å². The zero-order chi connectivity index (χ0) is 11.5. The van der Waals surface area contributed by atoms with Gasteiger partial charge in [0.1, 0.15) is 0 Å². The van der Waals surface area contributed by atoms with Gasteiger partial charge in [0.25, 0.3) is 0 Å². The average Bonchev–Trinajstić information content (AvgIpc) is 2.22. The average molecular weight is 284 g/mol.